The van der Waals surface area contributed by atoms with Gasteiger partial charge in [-0.1, -0.05) is 34.5 Å². The van der Waals surface area contributed by atoms with Crippen molar-refractivity contribution in [3.05, 3.63) is 62.6 Å². The first-order valence-corrected chi connectivity index (χ1v) is 11.8. The fourth-order valence-electron chi connectivity index (χ4n) is 4.35. The number of hydrogen-bond acceptors (Lipinski definition) is 4. The van der Waals surface area contributed by atoms with Crippen LogP contribution in [0.5, 0.6) is 0 Å². The number of carbonyl (C=O) groups is 2. The fourth-order valence-corrected chi connectivity index (χ4v) is 5.11. The van der Waals surface area contributed by atoms with Gasteiger partial charge >= 0.3 is 0 Å². The molecule has 2 aromatic rings. The number of anilines is 2. The largest absolute Gasteiger partial charge is 0.369 e. The number of carbonyl (C=O) groups excluding carboxylic acids is 2. The van der Waals surface area contributed by atoms with Crippen molar-refractivity contribution in [1.82, 2.24) is 5.32 Å². The van der Waals surface area contributed by atoms with E-state index in [2.05, 4.69) is 54.0 Å². The molecule has 5 nitrogen and oxygen atoms in total. The minimum atomic E-state index is -0.534. The van der Waals surface area contributed by atoms with Gasteiger partial charge < -0.3 is 4.90 Å². The molecule has 2 amide bonds. The molecule has 2 aromatic carbocycles. The molecule has 0 radical (unpaired) electrons. The van der Waals surface area contributed by atoms with Crippen LogP contribution in [0.2, 0.25) is 5.02 Å². The third-order valence-electron chi connectivity index (χ3n) is 6.24. The summed E-state index contributed by atoms with van der Waals surface area (Å²) in [5.41, 5.74) is 3.41. The summed E-state index contributed by atoms with van der Waals surface area (Å²) in [5, 5.41) is 3.15. The Balaban J connectivity index is 1.77. The maximum absolute atomic E-state index is 13.3. The molecule has 1 atom stereocenters. The van der Waals surface area contributed by atoms with E-state index in [0.717, 1.165) is 22.1 Å². The summed E-state index contributed by atoms with van der Waals surface area (Å²) < 4.78 is 0.875. The van der Waals surface area contributed by atoms with E-state index in [1.165, 1.54) is 4.90 Å². The highest BCUT2D eigenvalue weighted by Crippen LogP contribution is 2.44. The van der Waals surface area contributed by atoms with Crippen LogP contribution in [0.4, 0.5) is 11.4 Å². The third kappa shape index (κ3) is 3.98. The van der Waals surface area contributed by atoms with Crippen molar-refractivity contribution in [1.29, 1.82) is 0 Å². The second kappa shape index (κ2) is 8.28. The van der Waals surface area contributed by atoms with Gasteiger partial charge in [0.1, 0.15) is 5.57 Å². The van der Waals surface area contributed by atoms with Crippen LogP contribution < -0.4 is 15.1 Å². The number of amides is 2. The Kier molecular flexibility index (Phi) is 5.94. The third-order valence-corrected chi connectivity index (χ3v) is 7.38. The summed E-state index contributed by atoms with van der Waals surface area (Å²) in [6.07, 6.45) is 2.54. The van der Waals surface area contributed by atoms with Crippen LogP contribution in [-0.4, -0.2) is 29.5 Å². The van der Waals surface area contributed by atoms with Gasteiger partial charge in [-0.3, -0.25) is 19.8 Å². The van der Waals surface area contributed by atoms with E-state index < -0.39 is 11.8 Å². The van der Waals surface area contributed by atoms with Gasteiger partial charge in [-0.2, -0.15) is 0 Å². The first-order valence-electron chi connectivity index (χ1n) is 10.2. The molecule has 0 unspecified atom stereocenters. The summed E-state index contributed by atoms with van der Waals surface area (Å²) >= 11 is 15.3. The zero-order valence-corrected chi connectivity index (χ0v) is 21.4. The second-order valence-electron chi connectivity index (χ2n) is 8.84. The Morgan fingerprint density at radius 1 is 1.22 bits per heavy atom. The van der Waals surface area contributed by atoms with Gasteiger partial charge in [0, 0.05) is 27.8 Å². The number of benzene rings is 2. The number of fused-ring (bicyclic) bond motifs is 1. The summed E-state index contributed by atoms with van der Waals surface area (Å²) in [4.78, 5) is 29.5. The van der Waals surface area contributed by atoms with Gasteiger partial charge in [-0.25, -0.2) is 0 Å². The molecule has 0 aliphatic carbocycles. The van der Waals surface area contributed by atoms with Crippen molar-refractivity contribution in [2.24, 2.45) is 0 Å². The van der Waals surface area contributed by atoms with Gasteiger partial charge in [0.25, 0.3) is 11.8 Å². The van der Waals surface area contributed by atoms with Crippen LogP contribution >= 0.6 is 39.7 Å². The molecule has 0 saturated carbocycles. The standard InChI is InChI=1S/C24H23BrClN3O2S/c1-13-12-24(2,3)28(4)20-11-19(26)14(9-17(13)20)10-18-21(30)27-23(32)29(22(18)31)16-7-5-15(25)6-8-16/h5-11,13H,12H2,1-4H3,(H,27,30,32)/b18-10+/t13-/m1/s1. The lowest BCUT2D eigenvalue weighted by Gasteiger charge is -2.45. The maximum atomic E-state index is 13.3. The van der Waals surface area contributed by atoms with Crippen LogP contribution in [0.3, 0.4) is 0 Å². The van der Waals surface area contributed by atoms with Crippen LogP contribution in [0.25, 0.3) is 6.08 Å². The van der Waals surface area contributed by atoms with Crippen LogP contribution in [0.15, 0.2) is 46.4 Å². The summed E-state index contributed by atoms with van der Waals surface area (Å²) in [5.74, 6) is -0.706. The SMILES string of the molecule is C[C@@H]1CC(C)(C)N(C)c2cc(Cl)c(/C=C3\C(=O)NC(=S)N(c4ccc(Br)cc4)C3=O)cc21. The molecule has 8 heteroatoms. The van der Waals surface area contributed by atoms with Gasteiger partial charge in [-0.05, 0) is 92.0 Å². The van der Waals surface area contributed by atoms with Crippen molar-refractivity contribution in [3.63, 3.8) is 0 Å². The lowest BCUT2D eigenvalue weighted by atomic mass is 9.80. The quantitative estimate of drug-likeness (QED) is 0.308. The summed E-state index contributed by atoms with van der Waals surface area (Å²) in [6, 6.07) is 11.0. The molecule has 0 aromatic heterocycles. The lowest BCUT2D eigenvalue weighted by Crippen LogP contribution is -2.54. The van der Waals surface area contributed by atoms with E-state index in [4.69, 9.17) is 23.8 Å². The van der Waals surface area contributed by atoms with Crippen molar-refractivity contribution in [2.75, 3.05) is 16.8 Å². The Labute approximate surface area is 206 Å². The Bertz CT molecular complexity index is 1180. The van der Waals surface area contributed by atoms with E-state index in [1.54, 1.807) is 18.2 Å². The molecular formula is C24H23BrClN3O2S. The van der Waals surface area contributed by atoms with Crippen LogP contribution in [0.1, 0.15) is 44.2 Å². The molecule has 0 bridgehead atoms. The Morgan fingerprint density at radius 3 is 2.53 bits per heavy atom. The zero-order valence-electron chi connectivity index (χ0n) is 18.2. The van der Waals surface area contributed by atoms with E-state index >= 15 is 0 Å². The molecule has 4 rings (SSSR count). The zero-order chi connectivity index (χ0) is 23.4. The van der Waals surface area contributed by atoms with Crippen LogP contribution in [-0.2, 0) is 9.59 Å². The summed E-state index contributed by atoms with van der Waals surface area (Å²) in [6.45, 7) is 6.60. The molecule has 2 aliphatic heterocycles. The number of nitrogens with zero attached hydrogens (tertiary/aromatic N) is 2. The van der Waals surface area contributed by atoms with Crippen molar-refractivity contribution in [2.45, 2.75) is 38.6 Å². The van der Waals surface area contributed by atoms with Gasteiger partial charge in [0.2, 0.25) is 0 Å². The minimum absolute atomic E-state index is 0.00974. The number of rotatable bonds is 2. The highest BCUT2D eigenvalue weighted by Gasteiger charge is 2.36. The van der Waals surface area contributed by atoms with Gasteiger partial charge in [0.15, 0.2) is 5.11 Å². The molecular weight excluding hydrogens is 510 g/mol. The molecule has 2 heterocycles. The van der Waals surface area contributed by atoms with Crippen molar-refractivity contribution < 1.29 is 9.59 Å². The van der Waals surface area contributed by atoms with Gasteiger partial charge in [-0.15, -0.1) is 0 Å². The molecule has 1 fully saturated rings. The predicted molar refractivity (Wildman–Crippen MR) is 137 cm³/mol. The smallest absolute Gasteiger partial charge is 0.270 e. The lowest BCUT2D eigenvalue weighted by molar-refractivity contribution is -0.122. The van der Waals surface area contributed by atoms with Gasteiger partial charge in [0.05, 0.1) is 5.69 Å². The first kappa shape index (κ1) is 23.0. The Morgan fingerprint density at radius 2 is 1.88 bits per heavy atom. The van der Waals surface area contributed by atoms with Crippen molar-refractivity contribution >= 4 is 74.1 Å². The topological polar surface area (TPSA) is 52.7 Å². The number of thiocarbonyl (C=S) groups is 1. The Hall–Kier alpha value is -2.22. The molecule has 0 spiro atoms. The number of nitrogens with one attached hydrogen (secondary N) is 1. The monoisotopic (exact) mass is 531 g/mol. The first-order chi connectivity index (χ1) is 15.0. The highest BCUT2D eigenvalue weighted by atomic mass is 79.9. The van der Waals surface area contributed by atoms with E-state index in [1.807, 2.05) is 24.3 Å². The molecule has 166 valence electrons. The van der Waals surface area contributed by atoms with E-state index in [0.29, 0.717) is 22.2 Å². The maximum Gasteiger partial charge on any atom is 0.270 e. The highest BCUT2D eigenvalue weighted by molar-refractivity contribution is 9.10. The van der Waals surface area contributed by atoms with E-state index in [9.17, 15) is 9.59 Å². The predicted octanol–water partition coefficient (Wildman–Crippen LogP) is 5.66. The number of hydrogen-bond donors (Lipinski definition) is 1. The second-order valence-corrected chi connectivity index (χ2v) is 10.6. The van der Waals surface area contributed by atoms with Crippen molar-refractivity contribution in [3.8, 4) is 0 Å². The average molecular weight is 533 g/mol. The summed E-state index contributed by atoms with van der Waals surface area (Å²) in [7, 11) is 2.06. The molecule has 1 N–H and O–H groups in total. The molecule has 1 saturated heterocycles. The van der Waals surface area contributed by atoms with E-state index in [-0.39, 0.29) is 16.2 Å². The molecule has 32 heavy (non-hydrogen) atoms. The van der Waals surface area contributed by atoms with Crippen LogP contribution in [0, 0.1) is 0 Å². The normalized spacial score (nSPS) is 21.6. The fraction of sp³-hybridized carbons (Fsp3) is 0.292. The average Bonchev–Trinajstić information content (AvgIpc) is 2.71. The number of halogens is 2. The minimum Gasteiger partial charge on any atom is -0.369 e. The molecule has 2 aliphatic rings.